The van der Waals surface area contributed by atoms with Crippen molar-refractivity contribution in [1.29, 1.82) is 0 Å². The van der Waals surface area contributed by atoms with Crippen molar-refractivity contribution in [2.75, 3.05) is 39.3 Å². The van der Waals surface area contributed by atoms with Crippen LogP contribution in [-0.2, 0) is 10.0 Å². The number of aryl methyl sites for hydroxylation is 1. The molecule has 2 heterocycles. The number of piperazine rings is 1. The molecule has 0 aromatic heterocycles. The summed E-state index contributed by atoms with van der Waals surface area (Å²) < 4.78 is 27.3. The number of hydrogen-bond donors (Lipinski definition) is 1. The molecule has 8 heteroatoms. The van der Waals surface area contributed by atoms with Crippen LogP contribution in [0.25, 0.3) is 0 Å². The first-order valence-corrected chi connectivity index (χ1v) is 9.51. The van der Waals surface area contributed by atoms with Crippen LogP contribution in [0.4, 0.5) is 0 Å². The summed E-state index contributed by atoms with van der Waals surface area (Å²) in [6.07, 6.45) is 0.892. The van der Waals surface area contributed by atoms with E-state index >= 15 is 0 Å². The Morgan fingerprint density at radius 2 is 1.91 bits per heavy atom. The molecule has 0 spiro atoms. The van der Waals surface area contributed by atoms with Crippen LogP contribution in [0.15, 0.2) is 23.1 Å². The van der Waals surface area contributed by atoms with Crippen molar-refractivity contribution < 1.29 is 8.42 Å². The standard InChI is InChI=1S/C15H22ClN3O2S.ClH/c1-12-2-3-14(16)15(10-12)22(20,21)19-7-4-13(11-19)18-8-5-17-6-9-18;/h2-3,10,13,17H,4-9,11H2,1H3;1H. The van der Waals surface area contributed by atoms with Crippen LogP contribution < -0.4 is 5.32 Å². The molecule has 5 nitrogen and oxygen atoms in total. The lowest BCUT2D eigenvalue weighted by Crippen LogP contribution is -2.49. The van der Waals surface area contributed by atoms with E-state index in [0.717, 1.165) is 38.2 Å². The Morgan fingerprint density at radius 3 is 2.61 bits per heavy atom. The highest BCUT2D eigenvalue weighted by Gasteiger charge is 2.36. The fourth-order valence-corrected chi connectivity index (χ4v) is 5.27. The summed E-state index contributed by atoms with van der Waals surface area (Å²) in [5, 5.41) is 3.63. The minimum Gasteiger partial charge on any atom is -0.314 e. The van der Waals surface area contributed by atoms with E-state index in [2.05, 4.69) is 10.2 Å². The molecule has 3 rings (SSSR count). The summed E-state index contributed by atoms with van der Waals surface area (Å²) >= 11 is 6.12. The van der Waals surface area contributed by atoms with E-state index in [9.17, 15) is 8.42 Å². The van der Waals surface area contributed by atoms with Crippen molar-refractivity contribution in [3.05, 3.63) is 28.8 Å². The van der Waals surface area contributed by atoms with Crippen molar-refractivity contribution in [1.82, 2.24) is 14.5 Å². The highest BCUT2D eigenvalue weighted by Crippen LogP contribution is 2.29. The van der Waals surface area contributed by atoms with Crippen molar-refractivity contribution in [3.8, 4) is 0 Å². The molecule has 2 fully saturated rings. The van der Waals surface area contributed by atoms with E-state index < -0.39 is 10.0 Å². The zero-order valence-corrected chi connectivity index (χ0v) is 15.6. The predicted octanol–water partition coefficient (Wildman–Crippen LogP) is 1.74. The lowest BCUT2D eigenvalue weighted by Gasteiger charge is -2.32. The fourth-order valence-electron chi connectivity index (χ4n) is 3.22. The predicted molar refractivity (Wildman–Crippen MR) is 95.0 cm³/mol. The van der Waals surface area contributed by atoms with Crippen LogP contribution >= 0.6 is 24.0 Å². The molecule has 0 amide bonds. The molecule has 2 aliphatic rings. The molecule has 2 saturated heterocycles. The second-order valence-electron chi connectivity index (χ2n) is 6.03. The lowest BCUT2D eigenvalue weighted by molar-refractivity contribution is 0.179. The Balaban J connectivity index is 0.00000192. The normalized spacial score (nSPS) is 23.7. The van der Waals surface area contributed by atoms with Gasteiger partial charge in [-0.3, -0.25) is 4.90 Å². The maximum Gasteiger partial charge on any atom is 0.244 e. The first-order chi connectivity index (χ1) is 10.5. The molecule has 1 N–H and O–H groups in total. The van der Waals surface area contributed by atoms with Crippen LogP contribution in [-0.4, -0.2) is 62.9 Å². The molecule has 1 unspecified atom stereocenters. The maximum absolute atomic E-state index is 12.8. The van der Waals surface area contributed by atoms with Gasteiger partial charge in [-0.25, -0.2) is 8.42 Å². The summed E-state index contributed by atoms with van der Waals surface area (Å²) in [5.74, 6) is 0. The summed E-state index contributed by atoms with van der Waals surface area (Å²) in [6.45, 7) is 6.95. The van der Waals surface area contributed by atoms with Gasteiger partial charge in [-0.15, -0.1) is 12.4 Å². The average Bonchev–Trinajstić information content (AvgIpc) is 3.01. The quantitative estimate of drug-likeness (QED) is 0.868. The van der Waals surface area contributed by atoms with Gasteiger partial charge in [-0.2, -0.15) is 4.31 Å². The third-order valence-electron chi connectivity index (χ3n) is 4.50. The largest absolute Gasteiger partial charge is 0.314 e. The Bertz CT molecular complexity index is 648. The van der Waals surface area contributed by atoms with E-state index in [4.69, 9.17) is 11.6 Å². The van der Waals surface area contributed by atoms with E-state index in [-0.39, 0.29) is 17.3 Å². The van der Waals surface area contributed by atoms with Gasteiger partial charge in [0.2, 0.25) is 10.0 Å². The summed E-state index contributed by atoms with van der Waals surface area (Å²) in [7, 11) is -3.50. The number of nitrogens with zero attached hydrogens (tertiary/aromatic N) is 2. The number of nitrogens with one attached hydrogen (secondary N) is 1. The van der Waals surface area contributed by atoms with E-state index in [1.807, 2.05) is 13.0 Å². The van der Waals surface area contributed by atoms with Gasteiger partial charge in [0.15, 0.2) is 0 Å². The molecule has 0 radical (unpaired) electrons. The highest BCUT2D eigenvalue weighted by atomic mass is 35.5. The number of sulfonamides is 1. The average molecular weight is 380 g/mol. The molecule has 2 aliphatic heterocycles. The third kappa shape index (κ3) is 4.00. The van der Waals surface area contributed by atoms with Crippen LogP contribution in [0.5, 0.6) is 0 Å². The molecule has 0 aliphatic carbocycles. The Hall–Kier alpha value is -0.370. The maximum atomic E-state index is 12.8. The fraction of sp³-hybridized carbons (Fsp3) is 0.600. The van der Waals surface area contributed by atoms with Gasteiger partial charge in [0, 0.05) is 45.3 Å². The van der Waals surface area contributed by atoms with Crippen LogP contribution in [0, 0.1) is 6.92 Å². The zero-order valence-electron chi connectivity index (χ0n) is 13.2. The molecule has 23 heavy (non-hydrogen) atoms. The SMILES string of the molecule is Cc1ccc(Cl)c(S(=O)(=O)N2CCC(N3CCNCC3)C2)c1.Cl. The Morgan fingerprint density at radius 1 is 1.22 bits per heavy atom. The van der Waals surface area contributed by atoms with Gasteiger partial charge in [-0.05, 0) is 31.0 Å². The molecule has 0 saturated carbocycles. The zero-order chi connectivity index (χ0) is 15.7. The summed E-state index contributed by atoms with van der Waals surface area (Å²) in [4.78, 5) is 2.62. The lowest BCUT2D eigenvalue weighted by atomic mass is 10.2. The topological polar surface area (TPSA) is 52.7 Å². The van der Waals surface area contributed by atoms with Crippen LogP contribution in [0.2, 0.25) is 5.02 Å². The first-order valence-electron chi connectivity index (χ1n) is 7.69. The monoisotopic (exact) mass is 379 g/mol. The minimum absolute atomic E-state index is 0. The molecular formula is C15H23Cl2N3O2S. The Kier molecular flexibility index (Phi) is 6.33. The van der Waals surface area contributed by atoms with Gasteiger partial charge < -0.3 is 5.32 Å². The summed E-state index contributed by atoms with van der Waals surface area (Å²) in [5.41, 5.74) is 0.904. The van der Waals surface area contributed by atoms with Crippen LogP contribution in [0.3, 0.4) is 0 Å². The van der Waals surface area contributed by atoms with Crippen molar-refractivity contribution in [2.45, 2.75) is 24.3 Å². The smallest absolute Gasteiger partial charge is 0.244 e. The van der Waals surface area contributed by atoms with E-state index in [1.165, 1.54) is 0 Å². The number of halogens is 2. The highest BCUT2D eigenvalue weighted by molar-refractivity contribution is 7.89. The molecule has 1 aromatic carbocycles. The second-order valence-corrected chi connectivity index (χ2v) is 8.34. The van der Waals surface area contributed by atoms with Crippen molar-refractivity contribution in [3.63, 3.8) is 0 Å². The van der Waals surface area contributed by atoms with Gasteiger partial charge >= 0.3 is 0 Å². The van der Waals surface area contributed by atoms with Crippen molar-refractivity contribution in [2.24, 2.45) is 0 Å². The Labute approximate surface area is 149 Å². The number of benzene rings is 1. The molecule has 1 atom stereocenters. The van der Waals surface area contributed by atoms with E-state index in [0.29, 0.717) is 24.2 Å². The van der Waals surface area contributed by atoms with Gasteiger partial charge in [-0.1, -0.05) is 17.7 Å². The summed E-state index contributed by atoms with van der Waals surface area (Å²) in [6, 6.07) is 5.47. The first kappa shape index (κ1) is 19.0. The van der Waals surface area contributed by atoms with Gasteiger partial charge in [0.05, 0.1) is 5.02 Å². The van der Waals surface area contributed by atoms with Gasteiger partial charge in [0.25, 0.3) is 0 Å². The molecule has 130 valence electrons. The van der Waals surface area contributed by atoms with Crippen molar-refractivity contribution >= 4 is 34.0 Å². The number of hydrogen-bond acceptors (Lipinski definition) is 4. The third-order valence-corrected chi connectivity index (χ3v) is 6.85. The molecule has 1 aromatic rings. The number of rotatable bonds is 3. The minimum atomic E-state index is -3.50. The van der Waals surface area contributed by atoms with Gasteiger partial charge in [0.1, 0.15) is 4.90 Å². The molecule has 0 bridgehead atoms. The van der Waals surface area contributed by atoms with Crippen LogP contribution in [0.1, 0.15) is 12.0 Å². The molecular weight excluding hydrogens is 357 g/mol. The second kappa shape index (κ2) is 7.68. The van der Waals surface area contributed by atoms with E-state index in [1.54, 1.807) is 16.4 Å².